The number of ether oxygens (including phenoxy) is 2. The van der Waals surface area contributed by atoms with E-state index in [1.54, 1.807) is 18.2 Å². The van der Waals surface area contributed by atoms with Crippen LogP contribution in [0.2, 0.25) is 0 Å². The molecule has 0 radical (unpaired) electrons. The third-order valence-corrected chi connectivity index (χ3v) is 5.11. The van der Waals surface area contributed by atoms with Crippen LogP contribution in [-0.4, -0.2) is 53.2 Å². The van der Waals surface area contributed by atoms with E-state index in [-0.39, 0.29) is 24.3 Å². The van der Waals surface area contributed by atoms with E-state index in [1.807, 2.05) is 6.92 Å². The van der Waals surface area contributed by atoms with E-state index in [2.05, 4.69) is 25.5 Å². The molecule has 0 aliphatic carbocycles. The Morgan fingerprint density at radius 2 is 2.03 bits per heavy atom. The average molecular weight is 399 g/mol. The standard InChI is InChI=1S/C20H25N5O4/c1-2-13-10-18(26)24-20(22-13)23-14-5-7-25(8-6-14)11-19(27)21-15-3-4-16-17(9-15)29-12-28-16/h3-4,9-10,14H,2,5-8,11-12H2,1H3,(H,21,27)(H2,22,23,24,26). The number of aryl methyl sites for hydroxylation is 1. The van der Waals surface area contributed by atoms with Crippen LogP contribution < -0.4 is 25.7 Å². The molecule has 2 aliphatic heterocycles. The van der Waals surface area contributed by atoms with Gasteiger partial charge in [-0.25, -0.2) is 4.98 Å². The third kappa shape index (κ3) is 4.86. The number of anilines is 2. The average Bonchev–Trinajstić information content (AvgIpc) is 3.17. The molecule has 9 nitrogen and oxygen atoms in total. The first-order valence-corrected chi connectivity index (χ1v) is 9.87. The maximum Gasteiger partial charge on any atom is 0.252 e. The van der Waals surface area contributed by atoms with E-state index in [0.29, 0.717) is 29.7 Å². The van der Waals surface area contributed by atoms with Crippen LogP contribution in [-0.2, 0) is 11.2 Å². The summed E-state index contributed by atoms with van der Waals surface area (Å²) in [5, 5.41) is 6.22. The van der Waals surface area contributed by atoms with E-state index >= 15 is 0 Å². The first kappa shape index (κ1) is 19.3. The lowest BCUT2D eigenvalue weighted by Gasteiger charge is -2.32. The second-order valence-corrected chi connectivity index (χ2v) is 7.25. The molecule has 3 heterocycles. The second-order valence-electron chi connectivity index (χ2n) is 7.25. The van der Waals surface area contributed by atoms with Gasteiger partial charge in [0.15, 0.2) is 11.5 Å². The summed E-state index contributed by atoms with van der Waals surface area (Å²) in [5.41, 5.74) is 1.33. The van der Waals surface area contributed by atoms with Gasteiger partial charge in [-0.3, -0.25) is 19.5 Å². The molecular formula is C20H25N5O4. The number of hydrogen-bond acceptors (Lipinski definition) is 7. The zero-order valence-electron chi connectivity index (χ0n) is 16.4. The Morgan fingerprint density at radius 3 is 2.83 bits per heavy atom. The van der Waals surface area contributed by atoms with Crippen molar-refractivity contribution in [2.45, 2.75) is 32.2 Å². The zero-order chi connectivity index (χ0) is 20.2. The van der Waals surface area contributed by atoms with Crippen molar-refractivity contribution in [2.75, 3.05) is 37.1 Å². The van der Waals surface area contributed by atoms with Gasteiger partial charge < -0.3 is 20.1 Å². The van der Waals surface area contributed by atoms with Crippen LogP contribution in [0.15, 0.2) is 29.1 Å². The molecule has 1 fully saturated rings. The normalized spacial score (nSPS) is 16.6. The van der Waals surface area contributed by atoms with E-state index in [1.165, 1.54) is 6.07 Å². The van der Waals surface area contributed by atoms with Crippen molar-refractivity contribution in [2.24, 2.45) is 0 Å². The predicted molar refractivity (Wildman–Crippen MR) is 109 cm³/mol. The van der Waals surface area contributed by atoms with Crippen LogP contribution >= 0.6 is 0 Å². The molecule has 0 saturated carbocycles. The summed E-state index contributed by atoms with van der Waals surface area (Å²) < 4.78 is 10.6. The van der Waals surface area contributed by atoms with Gasteiger partial charge in [0.05, 0.1) is 6.54 Å². The van der Waals surface area contributed by atoms with Gasteiger partial charge in [0.1, 0.15) is 0 Å². The number of likely N-dealkylation sites (tertiary alicyclic amines) is 1. The highest BCUT2D eigenvalue weighted by molar-refractivity contribution is 5.92. The van der Waals surface area contributed by atoms with Crippen LogP contribution in [0.25, 0.3) is 0 Å². The molecule has 3 N–H and O–H groups in total. The lowest BCUT2D eigenvalue weighted by molar-refractivity contribution is -0.117. The largest absolute Gasteiger partial charge is 0.454 e. The minimum Gasteiger partial charge on any atom is -0.454 e. The quantitative estimate of drug-likeness (QED) is 0.677. The Kier molecular flexibility index (Phi) is 5.66. The number of nitrogens with one attached hydrogen (secondary N) is 3. The molecular weight excluding hydrogens is 374 g/mol. The Hall–Kier alpha value is -3.07. The number of nitrogens with zero attached hydrogens (tertiary/aromatic N) is 2. The summed E-state index contributed by atoms with van der Waals surface area (Å²) in [4.78, 5) is 33.4. The summed E-state index contributed by atoms with van der Waals surface area (Å²) in [6, 6.07) is 7.11. The molecule has 1 aromatic carbocycles. The fourth-order valence-electron chi connectivity index (χ4n) is 3.56. The van der Waals surface area contributed by atoms with Crippen LogP contribution in [0.5, 0.6) is 11.5 Å². The number of aromatic nitrogens is 2. The Balaban J connectivity index is 1.25. The van der Waals surface area contributed by atoms with Crippen LogP contribution in [0.1, 0.15) is 25.5 Å². The highest BCUT2D eigenvalue weighted by Gasteiger charge is 2.22. The highest BCUT2D eigenvalue weighted by atomic mass is 16.7. The first-order chi connectivity index (χ1) is 14.1. The van der Waals surface area contributed by atoms with Gasteiger partial charge in [-0.2, -0.15) is 0 Å². The number of benzene rings is 1. The number of aromatic amines is 1. The molecule has 0 spiro atoms. The zero-order valence-corrected chi connectivity index (χ0v) is 16.4. The van der Waals surface area contributed by atoms with Crippen molar-refractivity contribution in [1.29, 1.82) is 0 Å². The van der Waals surface area contributed by atoms with E-state index in [0.717, 1.165) is 38.0 Å². The van der Waals surface area contributed by atoms with Crippen molar-refractivity contribution in [3.63, 3.8) is 0 Å². The third-order valence-electron chi connectivity index (χ3n) is 5.11. The molecule has 9 heteroatoms. The number of carbonyl (C=O) groups is 1. The molecule has 2 aromatic rings. The Labute approximate surface area is 168 Å². The molecule has 1 amide bonds. The Morgan fingerprint density at radius 1 is 1.24 bits per heavy atom. The lowest BCUT2D eigenvalue weighted by Crippen LogP contribution is -2.43. The van der Waals surface area contributed by atoms with E-state index < -0.39 is 0 Å². The van der Waals surface area contributed by atoms with Gasteiger partial charge in [0.2, 0.25) is 18.6 Å². The monoisotopic (exact) mass is 399 g/mol. The minimum absolute atomic E-state index is 0.0584. The van der Waals surface area contributed by atoms with Crippen molar-refractivity contribution in [3.05, 3.63) is 40.3 Å². The van der Waals surface area contributed by atoms with Gasteiger partial charge in [0.25, 0.3) is 5.56 Å². The van der Waals surface area contributed by atoms with Gasteiger partial charge in [-0.15, -0.1) is 0 Å². The highest BCUT2D eigenvalue weighted by Crippen LogP contribution is 2.34. The summed E-state index contributed by atoms with van der Waals surface area (Å²) in [5.74, 6) is 1.80. The molecule has 0 unspecified atom stereocenters. The molecule has 2 aliphatic rings. The van der Waals surface area contributed by atoms with Crippen molar-refractivity contribution >= 4 is 17.5 Å². The fraction of sp³-hybridized carbons (Fsp3) is 0.450. The van der Waals surface area contributed by atoms with Crippen LogP contribution in [0, 0.1) is 0 Å². The smallest absolute Gasteiger partial charge is 0.252 e. The summed E-state index contributed by atoms with van der Waals surface area (Å²) in [6.07, 6.45) is 2.46. The summed E-state index contributed by atoms with van der Waals surface area (Å²) in [6.45, 7) is 4.11. The number of H-pyrrole nitrogens is 1. The Bertz CT molecular complexity index is 937. The van der Waals surface area contributed by atoms with Crippen LogP contribution in [0.4, 0.5) is 11.6 Å². The lowest BCUT2D eigenvalue weighted by atomic mass is 10.1. The van der Waals surface area contributed by atoms with Gasteiger partial charge in [0, 0.05) is 42.6 Å². The van der Waals surface area contributed by atoms with E-state index in [4.69, 9.17) is 9.47 Å². The van der Waals surface area contributed by atoms with Gasteiger partial charge >= 0.3 is 0 Å². The molecule has 1 aromatic heterocycles. The number of amides is 1. The van der Waals surface area contributed by atoms with Gasteiger partial charge in [-0.05, 0) is 31.4 Å². The number of fused-ring (bicyclic) bond motifs is 1. The second kappa shape index (κ2) is 8.52. The summed E-state index contributed by atoms with van der Waals surface area (Å²) in [7, 11) is 0. The molecule has 0 atom stereocenters. The van der Waals surface area contributed by atoms with Crippen molar-refractivity contribution < 1.29 is 14.3 Å². The number of piperidine rings is 1. The predicted octanol–water partition coefficient (Wildman–Crippen LogP) is 1.58. The van der Waals surface area contributed by atoms with Crippen molar-refractivity contribution in [1.82, 2.24) is 14.9 Å². The SMILES string of the molecule is CCc1cc(=O)[nH]c(NC2CCN(CC(=O)Nc3ccc4c(c3)OCO4)CC2)n1. The number of rotatable bonds is 6. The molecule has 0 bridgehead atoms. The fourth-order valence-corrected chi connectivity index (χ4v) is 3.56. The van der Waals surface area contributed by atoms with Gasteiger partial charge in [-0.1, -0.05) is 6.92 Å². The molecule has 154 valence electrons. The molecule has 4 rings (SSSR count). The first-order valence-electron chi connectivity index (χ1n) is 9.87. The summed E-state index contributed by atoms with van der Waals surface area (Å²) >= 11 is 0. The minimum atomic E-state index is -0.142. The number of hydrogen-bond donors (Lipinski definition) is 3. The van der Waals surface area contributed by atoms with Crippen LogP contribution in [0.3, 0.4) is 0 Å². The van der Waals surface area contributed by atoms with Crippen molar-refractivity contribution in [3.8, 4) is 11.5 Å². The number of carbonyl (C=O) groups excluding carboxylic acids is 1. The maximum atomic E-state index is 12.4. The van der Waals surface area contributed by atoms with E-state index in [9.17, 15) is 9.59 Å². The maximum absolute atomic E-state index is 12.4. The topological polar surface area (TPSA) is 109 Å². The molecule has 1 saturated heterocycles. The molecule has 29 heavy (non-hydrogen) atoms.